The van der Waals surface area contributed by atoms with Crippen molar-refractivity contribution >= 4 is 23.2 Å². The minimum absolute atomic E-state index is 0.276. The number of rotatable bonds is 1. The number of benzene rings is 1. The Bertz CT molecular complexity index is 297. The maximum atomic E-state index is 8.85. The van der Waals surface area contributed by atoms with Crippen LogP contribution in [0, 0.1) is 6.92 Å². The van der Waals surface area contributed by atoms with Crippen LogP contribution in [0.3, 0.4) is 0 Å². The lowest BCUT2D eigenvalue weighted by molar-refractivity contribution is -0.0424. The number of hydrogen-bond acceptors (Lipinski definition) is 2. The van der Waals surface area contributed by atoms with E-state index in [0.29, 0.717) is 15.6 Å². The standard InChI is InChI=1S/C8H8Cl2O2/c1-4-6(9)3-2-5(7(4)10)8(11)12/h2-3,8,11-12H,1H3. The average Bonchev–Trinajstić information content (AvgIpc) is 2.00. The van der Waals surface area contributed by atoms with Gasteiger partial charge in [-0.25, -0.2) is 0 Å². The summed E-state index contributed by atoms with van der Waals surface area (Å²) in [5.41, 5.74) is 0.933. The van der Waals surface area contributed by atoms with Gasteiger partial charge in [0.25, 0.3) is 0 Å². The molecule has 4 heteroatoms. The fourth-order valence-corrected chi connectivity index (χ4v) is 1.35. The molecule has 0 unspecified atom stereocenters. The molecule has 0 aliphatic rings. The van der Waals surface area contributed by atoms with Crippen LogP contribution < -0.4 is 0 Å². The predicted molar refractivity (Wildman–Crippen MR) is 48.4 cm³/mol. The first-order valence-electron chi connectivity index (χ1n) is 3.34. The molecule has 2 N–H and O–H groups in total. The fourth-order valence-electron chi connectivity index (χ4n) is 0.882. The highest BCUT2D eigenvalue weighted by molar-refractivity contribution is 6.36. The van der Waals surface area contributed by atoms with E-state index in [1.165, 1.54) is 6.07 Å². The van der Waals surface area contributed by atoms with E-state index in [2.05, 4.69) is 0 Å². The molecule has 2 nitrogen and oxygen atoms in total. The molecule has 1 rings (SSSR count). The topological polar surface area (TPSA) is 40.5 Å². The molecule has 66 valence electrons. The van der Waals surface area contributed by atoms with E-state index >= 15 is 0 Å². The van der Waals surface area contributed by atoms with Crippen molar-refractivity contribution in [2.24, 2.45) is 0 Å². The largest absolute Gasteiger partial charge is 0.364 e. The summed E-state index contributed by atoms with van der Waals surface area (Å²) >= 11 is 11.5. The van der Waals surface area contributed by atoms with E-state index < -0.39 is 6.29 Å². The van der Waals surface area contributed by atoms with Crippen LogP contribution in [0.4, 0.5) is 0 Å². The van der Waals surface area contributed by atoms with E-state index in [-0.39, 0.29) is 5.56 Å². The fraction of sp³-hybridized carbons (Fsp3) is 0.250. The summed E-state index contributed by atoms with van der Waals surface area (Å²) in [6, 6.07) is 3.07. The maximum absolute atomic E-state index is 8.85. The Hall–Kier alpha value is -0.280. The predicted octanol–water partition coefficient (Wildman–Crippen LogP) is 2.29. The first kappa shape index (κ1) is 9.81. The molecule has 0 bridgehead atoms. The Morgan fingerprint density at radius 2 is 1.83 bits per heavy atom. The second kappa shape index (κ2) is 3.62. The Morgan fingerprint density at radius 1 is 1.25 bits per heavy atom. The lowest BCUT2D eigenvalue weighted by Crippen LogP contribution is -1.97. The van der Waals surface area contributed by atoms with Crippen molar-refractivity contribution in [3.05, 3.63) is 33.3 Å². The van der Waals surface area contributed by atoms with E-state index in [4.69, 9.17) is 33.4 Å². The number of aliphatic hydroxyl groups excluding tert-OH is 1. The van der Waals surface area contributed by atoms with Gasteiger partial charge in [0.15, 0.2) is 6.29 Å². The Kier molecular flexibility index (Phi) is 2.96. The summed E-state index contributed by atoms with van der Waals surface area (Å²) in [6.07, 6.45) is -1.55. The van der Waals surface area contributed by atoms with Crippen molar-refractivity contribution in [3.8, 4) is 0 Å². The zero-order chi connectivity index (χ0) is 9.30. The van der Waals surface area contributed by atoms with Gasteiger partial charge in [-0.05, 0) is 18.6 Å². The first-order valence-corrected chi connectivity index (χ1v) is 4.10. The van der Waals surface area contributed by atoms with Gasteiger partial charge in [-0.2, -0.15) is 0 Å². The molecular formula is C8H8Cl2O2. The summed E-state index contributed by atoms with van der Waals surface area (Å²) < 4.78 is 0. The summed E-state index contributed by atoms with van der Waals surface area (Å²) in [6.45, 7) is 1.72. The third-order valence-corrected chi connectivity index (χ3v) is 2.54. The maximum Gasteiger partial charge on any atom is 0.179 e. The normalized spacial score (nSPS) is 10.8. The van der Waals surface area contributed by atoms with Crippen LogP contribution in [-0.4, -0.2) is 10.2 Å². The van der Waals surface area contributed by atoms with Gasteiger partial charge in [0.05, 0.1) is 5.02 Å². The molecule has 0 spiro atoms. The third-order valence-electron chi connectivity index (χ3n) is 1.63. The van der Waals surface area contributed by atoms with Gasteiger partial charge in [0.2, 0.25) is 0 Å². The van der Waals surface area contributed by atoms with Gasteiger partial charge in [0.1, 0.15) is 0 Å². The zero-order valence-corrected chi connectivity index (χ0v) is 7.89. The molecular weight excluding hydrogens is 199 g/mol. The molecule has 0 aliphatic heterocycles. The molecule has 0 heterocycles. The van der Waals surface area contributed by atoms with Crippen molar-refractivity contribution in [3.63, 3.8) is 0 Å². The second-order valence-corrected chi connectivity index (χ2v) is 3.23. The highest BCUT2D eigenvalue weighted by Crippen LogP contribution is 2.29. The van der Waals surface area contributed by atoms with Gasteiger partial charge in [-0.1, -0.05) is 29.3 Å². The molecule has 0 saturated heterocycles. The summed E-state index contributed by atoms with van der Waals surface area (Å²) in [7, 11) is 0. The minimum atomic E-state index is -1.55. The summed E-state index contributed by atoms with van der Waals surface area (Å²) in [4.78, 5) is 0. The van der Waals surface area contributed by atoms with Crippen LogP contribution in [0.2, 0.25) is 10.0 Å². The first-order chi connectivity index (χ1) is 5.54. The molecule has 0 atom stereocenters. The van der Waals surface area contributed by atoms with Crippen LogP contribution in [0.5, 0.6) is 0 Å². The van der Waals surface area contributed by atoms with Crippen molar-refractivity contribution < 1.29 is 10.2 Å². The number of hydrogen-bond donors (Lipinski definition) is 2. The number of aliphatic hydroxyl groups is 2. The van der Waals surface area contributed by atoms with Crippen molar-refractivity contribution in [1.29, 1.82) is 0 Å². The highest BCUT2D eigenvalue weighted by atomic mass is 35.5. The lowest BCUT2D eigenvalue weighted by Gasteiger charge is -2.09. The monoisotopic (exact) mass is 206 g/mol. The molecule has 0 amide bonds. The van der Waals surface area contributed by atoms with Crippen molar-refractivity contribution in [1.82, 2.24) is 0 Å². The zero-order valence-electron chi connectivity index (χ0n) is 6.38. The minimum Gasteiger partial charge on any atom is -0.364 e. The van der Waals surface area contributed by atoms with Crippen LogP contribution in [0.25, 0.3) is 0 Å². The van der Waals surface area contributed by atoms with Crippen molar-refractivity contribution in [2.75, 3.05) is 0 Å². The second-order valence-electron chi connectivity index (χ2n) is 2.45. The van der Waals surface area contributed by atoms with Crippen LogP contribution in [0.15, 0.2) is 12.1 Å². The van der Waals surface area contributed by atoms with E-state index in [1.54, 1.807) is 13.0 Å². The van der Waals surface area contributed by atoms with E-state index in [9.17, 15) is 0 Å². The Balaban J connectivity index is 3.27. The Morgan fingerprint density at radius 3 is 2.33 bits per heavy atom. The van der Waals surface area contributed by atoms with E-state index in [0.717, 1.165) is 0 Å². The van der Waals surface area contributed by atoms with Gasteiger partial charge < -0.3 is 10.2 Å². The van der Waals surface area contributed by atoms with Gasteiger partial charge >= 0.3 is 0 Å². The number of halogens is 2. The van der Waals surface area contributed by atoms with Gasteiger partial charge in [-0.15, -0.1) is 0 Å². The highest BCUT2D eigenvalue weighted by Gasteiger charge is 2.11. The lowest BCUT2D eigenvalue weighted by atomic mass is 10.1. The summed E-state index contributed by atoms with van der Waals surface area (Å²) in [5, 5.41) is 18.5. The molecule has 0 radical (unpaired) electrons. The SMILES string of the molecule is Cc1c(Cl)ccc(C(O)O)c1Cl. The van der Waals surface area contributed by atoms with Gasteiger partial charge in [0, 0.05) is 10.6 Å². The molecule has 12 heavy (non-hydrogen) atoms. The van der Waals surface area contributed by atoms with E-state index in [1.807, 2.05) is 0 Å². The smallest absolute Gasteiger partial charge is 0.179 e. The van der Waals surface area contributed by atoms with Crippen LogP contribution >= 0.6 is 23.2 Å². The average molecular weight is 207 g/mol. The molecule has 0 saturated carbocycles. The molecule has 1 aromatic carbocycles. The quantitative estimate of drug-likeness (QED) is 0.693. The molecule has 0 aromatic heterocycles. The van der Waals surface area contributed by atoms with Crippen LogP contribution in [0.1, 0.15) is 17.4 Å². The molecule has 0 fully saturated rings. The van der Waals surface area contributed by atoms with Gasteiger partial charge in [-0.3, -0.25) is 0 Å². The Labute approximate surface area is 80.4 Å². The summed E-state index contributed by atoms with van der Waals surface area (Å²) in [5.74, 6) is 0. The molecule has 0 aliphatic carbocycles. The van der Waals surface area contributed by atoms with Crippen molar-refractivity contribution in [2.45, 2.75) is 13.2 Å². The third kappa shape index (κ3) is 1.72. The molecule has 1 aromatic rings. The van der Waals surface area contributed by atoms with Crippen LogP contribution in [-0.2, 0) is 0 Å².